The first kappa shape index (κ1) is 16.5. The van der Waals surface area contributed by atoms with Crippen LogP contribution < -0.4 is 5.32 Å². The number of nitrogens with one attached hydrogen (secondary N) is 1. The van der Waals surface area contributed by atoms with Crippen molar-refractivity contribution in [1.29, 1.82) is 0 Å². The largest absolute Gasteiger partial charge is 0.348 e. The molecule has 0 fully saturated rings. The fourth-order valence-corrected chi connectivity index (χ4v) is 2.02. The first-order valence-electron chi connectivity index (χ1n) is 6.07. The molecule has 0 saturated carbocycles. The number of nitrogens with zero attached hydrogens (tertiary/aromatic N) is 2. The molecule has 0 aliphatic rings. The average molecular weight is 314 g/mol. The number of hydrogen-bond acceptors (Lipinski definition) is 2. The van der Waals surface area contributed by atoms with Crippen LogP contribution in [0.5, 0.6) is 0 Å². The highest BCUT2D eigenvalue weighted by Gasteiger charge is 2.16. The van der Waals surface area contributed by atoms with Gasteiger partial charge in [0.15, 0.2) is 0 Å². The molecule has 1 aromatic heterocycles. The van der Waals surface area contributed by atoms with Gasteiger partial charge in [-0.3, -0.25) is 4.79 Å². The Hall–Kier alpha value is -1.52. The van der Waals surface area contributed by atoms with Crippen LogP contribution >= 0.6 is 24.0 Å². The lowest BCUT2D eigenvalue weighted by atomic mass is 10.0. The third kappa shape index (κ3) is 4.25. The summed E-state index contributed by atoms with van der Waals surface area (Å²) in [5.74, 6) is 0.706. The minimum Gasteiger partial charge on any atom is -0.348 e. The van der Waals surface area contributed by atoms with Crippen LogP contribution in [-0.4, -0.2) is 21.3 Å². The Labute approximate surface area is 129 Å². The van der Waals surface area contributed by atoms with E-state index < -0.39 is 0 Å². The molecular formula is C14H17Cl2N3O. The van der Waals surface area contributed by atoms with Gasteiger partial charge in [-0.25, -0.2) is 4.98 Å². The number of carbonyl (C=O) groups is 1. The molecule has 1 unspecified atom stereocenters. The van der Waals surface area contributed by atoms with Gasteiger partial charge in [0, 0.05) is 25.9 Å². The molecule has 0 aliphatic heterocycles. The van der Waals surface area contributed by atoms with E-state index in [1.54, 1.807) is 6.20 Å². The Morgan fingerprint density at radius 3 is 2.65 bits per heavy atom. The van der Waals surface area contributed by atoms with Crippen molar-refractivity contribution in [1.82, 2.24) is 14.9 Å². The number of alkyl halides is 1. The van der Waals surface area contributed by atoms with Crippen molar-refractivity contribution in [3.63, 3.8) is 0 Å². The van der Waals surface area contributed by atoms with E-state index in [-0.39, 0.29) is 30.2 Å². The summed E-state index contributed by atoms with van der Waals surface area (Å²) in [7, 11) is 1.94. The SMILES string of the molecule is Cl.Cn1ccnc1CC(NC(=O)CCl)c1ccccc1. The molecule has 4 nitrogen and oxygen atoms in total. The zero-order valence-electron chi connectivity index (χ0n) is 11.1. The quantitative estimate of drug-likeness (QED) is 0.862. The summed E-state index contributed by atoms with van der Waals surface area (Å²) in [5.41, 5.74) is 1.05. The van der Waals surface area contributed by atoms with Crippen molar-refractivity contribution in [3.05, 3.63) is 54.1 Å². The van der Waals surface area contributed by atoms with Crippen LogP contribution in [0.1, 0.15) is 17.4 Å². The molecular weight excluding hydrogens is 297 g/mol. The van der Waals surface area contributed by atoms with E-state index in [2.05, 4.69) is 10.3 Å². The minimum atomic E-state index is -0.176. The molecule has 6 heteroatoms. The van der Waals surface area contributed by atoms with Gasteiger partial charge in [-0.1, -0.05) is 30.3 Å². The molecule has 0 aliphatic carbocycles. The van der Waals surface area contributed by atoms with E-state index in [0.29, 0.717) is 6.42 Å². The Bertz CT molecular complexity index is 542. The third-order valence-corrected chi connectivity index (χ3v) is 3.21. The predicted molar refractivity (Wildman–Crippen MR) is 82.2 cm³/mol. The normalized spacial score (nSPS) is 11.5. The lowest BCUT2D eigenvalue weighted by molar-refractivity contribution is -0.119. The monoisotopic (exact) mass is 313 g/mol. The summed E-state index contributed by atoms with van der Waals surface area (Å²) in [6.45, 7) is 0. The molecule has 0 radical (unpaired) electrons. The van der Waals surface area contributed by atoms with Crippen molar-refractivity contribution in [2.75, 3.05) is 5.88 Å². The summed E-state index contributed by atoms with van der Waals surface area (Å²) in [6.07, 6.45) is 4.28. The molecule has 0 spiro atoms. The zero-order valence-corrected chi connectivity index (χ0v) is 12.7. The lowest BCUT2D eigenvalue weighted by Gasteiger charge is -2.18. The van der Waals surface area contributed by atoms with E-state index >= 15 is 0 Å². The van der Waals surface area contributed by atoms with Gasteiger partial charge in [0.2, 0.25) is 5.91 Å². The van der Waals surface area contributed by atoms with Crippen LogP contribution in [0.4, 0.5) is 0 Å². The molecule has 0 saturated heterocycles. The van der Waals surface area contributed by atoms with Crippen molar-refractivity contribution in [2.45, 2.75) is 12.5 Å². The second-order valence-electron chi connectivity index (χ2n) is 4.32. The molecule has 2 aromatic rings. The van der Waals surface area contributed by atoms with Crippen LogP contribution in [0.2, 0.25) is 0 Å². The Morgan fingerprint density at radius 1 is 1.40 bits per heavy atom. The van der Waals surface area contributed by atoms with Gasteiger partial charge in [-0.15, -0.1) is 24.0 Å². The van der Waals surface area contributed by atoms with Gasteiger partial charge in [0.1, 0.15) is 11.7 Å². The first-order chi connectivity index (χ1) is 9.20. The average Bonchev–Trinajstić information content (AvgIpc) is 2.84. The fourth-order valence-electron chi connectivity index (χ4n) is 1.95. The van der Waals surface area contributed by atoms with Crippen LogP contribution in [0.15, 0.2) is 42.7 Å². The first-order valence-corrected chi connectivity index (χ1v) is 6.60. The van der Waals surface area contributed by atoms with Gasteiger partial charge in [-0.05, 0) is 5.56 Å². The number of hydrogen-bond donors (Lipinski definition) is 1. The van der Waals surface area contributed by atoms with Crippen molar-refractivity contribution < 1.29 is 4.79 Å². The Balaban J connectivity index is 0.00000200. The molecule has 1 amide bonds. The van der Waals surface area contributed by atoms with E-state index in [4.69, 9.17) is 11.6 Å². The summed E-state index contributed by atoms with van der Waals surface area (Å²) in [5, 5.41) is 2.92. The summed E-state index contributed by atoms with van der Waals surface area (Å²) < 4.78 is 1.95. The molecule has 1 aromatic carbocycles. The number of halogens is 2. The maximum Gasteiger partial charge on any atom is 0.235 e. The van der Waals surface area contributed by atoms with Crippen molar-refractivity contribution in [3.8, 4) is 0 Å². The fraction of sp³-hybridized carbons (Fsp3) is 0.286. The van der Waals surface area contributed by atoms with E-state index in [9.17, 15) is 4.79 Å². The summed E-state index contributed by atoms with van der Waals surface area (Å²) in [6, 6.07) is 9.71. The number of carbonyl (C=O) groups excluding carboxylic acids is 1. The maximum absolute atomic E-state index is 11.5. The molecule has 1 atom stereocenters. The molecule has 0 bridgehead atoms. The van der Waals surface area contributed by atoms with Crippen LogP contribution in [0.25, 0.3) is 0 Å². The standard InChI is InChI=1S/C14H16ClN3O.ClH/c1-18-8-7-16-13(18)9-12(17-14(19)10-15)11-5-3-2-4-6-11;/h2-8,12H,9-10H2,1H3,(H,17,19);1H. The lowest BCUT2D eigenvalue weighted by Crippen LogP contribution is -2.31. The third-order valence-electron chi connectivity index (χ3n) is 2.97. The second-order valence-corrected chi connectivity index (χ2v) is 4.59. The summed E-state index contributed by atoms with van der Waals surface area (Å²) in [4.78, 5) is 15.8. The molecule has 1 N–H and O–H groups in total. The van der Waals surface area contributed by atoms with Crippen molar-refractivity contribution >= 4 is 29.9 Å². The van der Waals surface area contributed by atoms with E-state index in [1.165, 1.54) is 0 Å². The molecule has 20 heavy (non-hydrogen) atoms. The highest BCUT2D eigenvalue weighted by atomic mass is 35.5. The molecule has 1 heterocycles. The molecule has 108 valence electrons. The highest BCUT2D eigenvalue weighted by Crippen LogP contribution is 2.17. The maximum atomic E-state index is 11.5. The van der Waals surface area contributed by atoms with Gasteiger partial charge in [0.05, 0.1) is 6.04 Å². The van der Waals surface area contributed by atoms with Gasteiger partial charge >= 0.3 is 0 Å². The van der Waals surface area contributed by atoms with Crippen molar-refractivity contribution in [2.24, 2.45) is 7.05 Å². The number of amides is 1. The number of imidazole rings is 1. The van der Waals surface area contributed by atoms with Gasteiger partial charge in [-0.2, -0.15) is 0 Å². The number of benzene rings is 1. The topological polar surface area (TPSA) is 46.9 Å². The Morgan fingerprint density at radius 2 is 2.10 bits per heavy atom. The smallest absolute Gasteiger partial charge is 0.235 e. The van der Waals surface area contributed by atoms with Gasteiger partial charge < -0.3 is 9.88 Å². The number of rotatable bonds is 5. The molecule has 2 rings (SSSR count). The number of aromatic nitrogens is 2. The summed E-state index contributed by atoms with van der Waals surface area (Å²) >= 11 is 5.56. The van der Waals surface area contributed by atoms with E-state index in [1.807, 2.05) is 48.1 Å². The minimum absolute atomic E-state index is 0. The van der Waals surface area contributed by atoms with E-state index in [0.717, 1.165) is 11.4 Å². The zero-order chi connectivity index (χ0) is 13.7. The Kier molecular flexibility index (Phi) is 6.55. The second kappa shape index (κ2) is 7.92. The van der Waals surface area contributed by atoms with Gasteiger partial charge in [0.25, 0.3) is 0 Å². The predicted octanol–water partition coefficient (Wildman–Crippen LogP) is 2.48. The highest BCUT2D eigenvalue weighted by molar-refractivity contribution is 6.27. The van der Waals surface area contributed by atoms with Crippen LogP contribution in [0.3, 0.4) is 0 Å². The number of aryl methyl sites for hydroxylation is 1. The van der Waals surface area contributed by atoms with Crippen LogP contribution in [-0.2, 0) is 18.3 Å². The van der Waals surface area contributed by atoms with Crippen LogP contribution in [0, 0.1) is 0 Å².